The van der Waals surface area contributed by atoms with Gasteiger partial charge in [-0.1, -0.05) is 23.7 Å². The summed E-state index contributed by atoms with van der Waals surface area (Å²) in [4.78, 5) is 22.4. The molecule has 6 nitrogen and oxygen atoms in total. The number of halogens is 1. The lowest BCUT2D eigenvalue weighted by Gasteiger charge is -2.12. The Labute approximate surface area is 163 Å². The molecule has 0 saturated carbocycles. The van der Waals surface area contributed by atoms with E-state index in [9.17, 15) is 9.59 Å². The first-order valence-corrected chi connectivity index (χ1v) is 8.82. The second kappa shape index (κ2) is 9.83. The quantitative estimate of drug-likeness (QED) is 0.685. The predicted molar refractivity (Wildman–Crippen MR) is 103 cm³/mol. The average molecular weight is 392 g/mol. The first-order valence-electron chi connectivity index (χ1n) is 8.45. The van der Waals surface area contributed by atoms with E-state index in [-0.39, 0.29) is 19.1 Å². The molecule has 2 aromatic carbocycles. The second-order valence-electron chi connectivity index (χ2n) is 6.08. The van der Waals surface area contributed by atoms with E-state index >= 15 is 0 Å². The molecule has 0 unspecified atom stereocenters. The van der Waals surface area contributed by atoms with E-state index in [0.29, 0.717) is 29.5 Å². The first-order chi connectivity index (χ1) is 12.8. The molecule has 0 bridgehead atoms. The van der Waals surface area contributed by atoms with Crippen LogP contribution < -0.4 is 14.8 Å². The molecule has 2 aromatic rings. The summed E-state index contributed by atoms with van der Waals surface area (Å²) < 4.78 is 10.7. The highest BCUT2D eigenvalue weighted by Gasteiger charge is 2.09. The van der Waals surface area contributed by atoms with Gasteiger partial charge in [-0.2, -0.15) is 0 Å². The Bertz CT molecular complexity index is 782. The summed E-state index contributed by atoms with van der Waals surface area (Å²) in [6, 6.07) is 10.7. The average Bonchev–Trinajstić information content (AvgIpc) is 2.60. The lowest BCUT2D eigenvalue weighted by atomic mass is 10.1. The normalized spacial score (nSPS) is 10.3. The van der Waals surface area contributed by atoms with Crippen LogP contribution in [0, 0.1) is 13.8 Å². The van der Waals surface area contributed by atoms with Gasteiger partial charge in [-0.25, -0.2) is 4.79 Å². The molecule has 7 heteroatoms. The zero-order valence-electron chi connectivity index (χ0n) is 15.3. The number of aryl methyl sites for hydroxylation is 2. The molecular formula is C20H22ClNO5. The summed E-state index contributed by atoms with van der Waals surface area (Å²) in [5, 5.41) is 12.0. The third kappa shape index (κ3) is 6.83. The van der Waals surface area contributed by atoms with Crippen LogP contribution in [0.5, 0.6) is 11.5 Å². The largest absolute Gasteiger partial charge is 0.483 e. The standard InChI is InChI=1S/C20H22ClNO5/c1-13-9-16(21)10-14(2)20(13)27-11-18(23)22-8-7-15-3-5-17(6-4-15)26-12-19(24)25/h3-6,9-10H,7-8,11-12H2,1-2H3,(H,22,23)(H,24,25). The van der Waals surface area contributed by atoms with E-state index in [0.717, 1.165) is 16.7 Å². The number of amides is 1. The molecular weight excluding hydrogens is 370 g/mol. The Morgan fingerprint density at radius 1 is 1.04 bits per heavy atom. The first kappa shape index (κ1) is 20.6. The van der Waals surface area contributed by atoms with Gasteiger partial charge in [-0.15, -0.1) is 0 Å². The van der Waals surface area contributed by atoms with Crippen molar-refractivity contribution < 1.29 is 24.2 Å². The Kier molecular flexibility index (Phi) is 7.49. The van der Waals surface area contributed by atoms with Crippen molar-refractivity contribution in [1.29, 1.82) is 0 Å². The van der Waals surface area contributed by atoms with Crippen LogP contribution in [-0.2, 0) is 16.0 Å². The van der Waals surface area contributed by atoms with Crippen molar-refractivity contribution in [3.05, 3.63) is 58.1 Å². The minimum atomic E-state index is -1.02. The molecule has 0 spiro atoms. The van der Waals surface area contributed by atoms with Gasteiger partial charge in [0.15, 0.2) is 13.2 Å². The van der Waals surface area contributed by atoms with Gasteiger partial charge in [0.05, 0.1) is 0 Å². The maximum atomic E-state index is 12.0. The van der Waals surface area contributed by atoms with Gasteiger partial charge in [0.1, 0.15) is 11.5 Å². The monoisotopic (exact) mass is 391 g/mol. The predicted octanol–water partition coefficient (Wildman–Crippen LogP) is 3.16. The third-order valence-electron chi connectivity index (χ3n) is 3.79. The van der Waals surface area contributed by atoms with Crippen molar-refractivity contribution in [1.82, 2.24) is 5.32 Å². The number of rotatable bonds is 9. The van der Waals surface area contributed by atoms with E-state index in [2.05, 4.69) is 5.32 Å². The fraction of sp³-hybridized carbons (Fsp3) is 0.300. The highest BCUT2D eigenvalue weighted by Crippen LogP contribution is 2.26. The lowest BCUT2D eigenvalue weighted by Crippen LogP contribution is -2.30. The number of aliphatic carboxylic acids is 1. The van der Waals surface area contributed by atoms with Crippen LogP contribution in [0.1, 0.15) is 16.7 Å². The van der Waals surface area contributed by atoms with Gasteiger partial charge >= 0.3 is 5.97 Å². The Balaban J connectivity index is 1.74. The van der Waals surface area contributed by atoms with Crippen molar-refractivity contribution >= 4 is 23.5 Å². The van der Waals surface area contributed by atoms with Gasteiger partial charge in [0, 0.05) is 11.6 Å². The Hall–Kier alpha value is -2.73. The van der Waals surface area contributed by atoms with E-state index in [1.54, 1.807) is 24.3 Å². The Morgan fingerprint density at radius 2 is 1.67 bits per heavy atom. The van der Waals surface area contributed by atoms with Crippen LogP contribution in [0.25, 0.3) is 0 Å². The molecule has 0 atom stereocenters. The van der Waals surface area contributed by atoms with Crippen LogP contribution in [0.15, 0.2) is 36.4 Å². The number of hydrogen-bond donors (Lipinski definition) is 2. The number of carbonyl (C=O) groups is 2. The number of carboxylic acid groups (broad SMARTS) is 1. The van der Waals surface area contributed by atoms with E-state index in [1.807, 2.05) is 26.0 Å². The van der Waals surface area contributed by atoms with E-state index in [4.69, 9.17) is 26.2 Å². The molecule has 2 rings (SSSR count). The summed E-state index contributed by atoms with van der Waals surface area (Å²) in [6.45, 7) is 3.80. The fourth-order valence-corrected chi connectivity index (χ4v) is 2.88. The molecule has 0 saturated heterocycles. The fourth-order valence-electron chi connectivity index (χ4n) is 2.56. The molecule has 0 radical (unpaired) electrons. The number of hydrogen-bond acceptors (Lipinski definition) is 4. The molecule has 1 amide bonds. The van der Waals surface area contributed by atoms with Gasteiger partial charge in [0.25, 0.3) is 5.91 Å². The van der Waals surface area contributed by atoms with E-state index in [1.165, 1.54) is 0 Å². The molecule has 2 N–H and O–H groups in total. The number of benzene rings is 2. The molecule has 27 heavy (non-hydrogen) atoms. The van der Waals surface area contributed by atoms with Crippen molar-refractivity contribution in [3.63, 3.8) is 0 Å². The van der Waals surface area contributed by atoms with Crippen LogP contribution in [-0.4, -0.2) is 36.7 Å². The SMILES string of the molecule is Cc1cc(Cl)cc(C)c1OCC(=O)NCCc1ccc(OCC(=O)O)cc1. The van der Waals surface area contributed by atoms with Crippen LogP contribution in [0.3, 0.4) is 0 Å². The summed E-state index contributed by atoms with van der Waals surface area (Å²) in [5.74, 6) is -0.0584. The van der Waals surface area contributed by atoms with Crippen molar-refractivity contribution in [2.75, 3.05) is 19.8 Å². The van der Waals surface area contributed by atoms with Crippen molar-refractivity contribution in [2.45, 2.75) is 20.3 Å². The van der Waals surface area contributed by atoms with E-state index < -0.39 is 5.97 Å². The number of carbonyl (C=O) groups excluding carboxylic acids is 1. The molecule has 0 aliphatic rings. The molecule has 144 valence electrons. The van der Waals surface area contributed by atoms with Crippen molar-refractivity contribution in [2.24, 2.45) is 0 Å². The highest BCUT2D eigenvalue weighted by molar-refractivity contribution is 6.30. The summed E-state index contributed by atoms with van der Waals surface area (Å²) in [5.41, 5.74) is 2.78. The Morgan fingerprint density at radius 3 is 2.26 bits per heavy atom. The number of carboxylic acids is 1. The number of nitrogens with one attached hydrogen (secondary N) is 1. The lowest BCUT2D eigenvalue weighted by molar-refractivity contribution is -0.139. The van der Waals surface area contributed by atoms with Gasteiger partial charge in [-0.05, 0) is 61.2 Å². The van der Waals surface area contributed by atoms with Crippen LogP contribution >= 0.6 is 11.6 Å². The summed E-state index contributed by atoms with van der Waals surface area (Å²) >= 11 is 5.98. The molecule has 0 aromatic heterocycles. The van der Waals surface area contributed by atoms with Crippen LogP contribution in [0.4, 0.5) is 0 Å². The minimum Gasteiger partial charge on any atom is -0.483 e. The highest BCUT2D eigenvalue weighted by atomic mass is 35.5. The molecule has 0 fully saturated rings. The third-order valence-corrected chi connectivity index (χ3v) is 4.01. The molecule has 0 aliphatic heterocycles. The molecule has 0 heterocycles. The maximum Gasteiger partial charge on any atom is 0.341 e. The second-order valence-corrected chi connectivity index (χ2v) is 6.52. The smallest absolute Gasteiger partial charge is 0.341 e. The summed E-state index contributed by atoms with van der Waals surface area (Å²) in [7, 11) is 0. The molecule has 0 aliphatic carbocycles. The van der Waals surface area contributed by atoms with Crippen LogP contribution in [0.2, 0.25) is 5.02 Å². The topological polar surface area (TPSA) is 84.9 Å². The zero-order chi connectivity index (χ0) is 19.8. The van der Waals surface area contributed by atoms with Gasteiger partial charge < -0.3 is 19.9 Å². The zero-order valence-corrected chi connectivity index (χ0v) is 16.0. The van der Waals surface area contributed by atoms with Gasteiger partial charge in [-0.3, -0.25) is 4.79 Å². The minimum absolute atomic E-state index is 0.0642. The maximum absolute atomic E-state index is 12.0. The van der Waals surface area contributed by atoms with Crippen molar-refractivity contribution in [3.8, 4) is 11.5 Å². The summed E-state index contributed by atoms with van der Waals surface area (Å²) in [6.07, 6.45) is 0.643. The van der Waals surface area contributed by atoms with Gasteiger partial charge in [0.2, 0.25) is 0 Å². The number of ether oxygens (including phenoxy) is 2.